The van der Waals surface area contributed by atoms with Crippen LogP contribution in [-0.2, 0) is 12.8 Å². The number of thiazole rings is 1. The topological polar surface area (TPSA) is 63.3 Å². The number of hydrogen-bond donors (Lipinski definition) is 2. The van der Waals surface area contributed by atoms with Crippen LogP contribution in [0.5, 0.6) is 0 Å². The van der Waals surface area contributed by atoms with Crippen LogP contribution >= 0.6 is 11.3 Å². The molecule has 0 radical (unpaired) electrons. The molecule has 102 valence electrons. The van der Waals surface area contributed by atoms with E-state index >= 15 is 0 Å². The summed E-state index contributed by atoms with van der Waals surface area (Å²) < 4.78 is 0. The van der Waals surface area contributed by atoms with Crippen molar-refractivity contribution in [3.8, 4) is 0 Å². The van der Waals surface area contributed by atoms with Gasteiger partial charge in [-0.25, -0.2) is 4.98 Å². The molecule has 0 unspecified atom stereocenters. The van der Waals surface area contributed by atoms with Gasteiger partial charge >= 0.3 is 0 Å². The van der Waals surface area contributed by atoms with Gasteiger partial charge in [0.05, 0.1) is 10.7 Å². The Morgan fingerprint density at radius 3 is 2.78 bits per heavy atom. The quantitative estimate of drug-likeness (QED) is 0.613. The molecule has 3 N–H and O–H groups in total. The summed E-state index contributed by atoms with van der Waals surface area (Å²) in [5, 5.41) is 4.30. The zero-order valence-electron chi connectivity index (χ0n) is 11.8. The van der Waals surface area contributed by atoms with Crippen LogP contribution < -0.4 is 11.1 Å². The normalized spacial score (nSPS) is 12.2. The van der Waals surface area contributed by atoms with E-state index in [1.165, 1.54) is 15.6 Å². The zero-order valence-corrected chi connectivity index (χ0v) is 12.6. The van der Waals surface area contributed by atoms with E-state index in [0.29, 0.717) is 11.9 Å². The number of hydrogen-bond acceptors (Lipinski definition) is 3. The average molecular weight is 268 g/mol. The Hall–Kier alpha value is -1.10. The first-order valence-electron chi connectivity index (χ1n) is 6.51. The molecule has 0 amide bonds. The molecule has 1 aromatic rings. The highest BCUT2D eigenvalue weighted by Gasteiger charge is 2.05. The van der Waals surface area contributed by atoms with Gasteiger partial charge in [-0.2, -0.15) is 0 Å². The summed E-state index contributed by atoms with van der Waals surface area (Å²) in [6.45, 7) is 10.1. The van der Waals surface area contributed by atoms with Crippen molar-refractivity contribution in [1.29, 1.82) is 0 Å². The van der Waals surface area contributed by atoms with Gasteiger partial charge in [0.1, 0.15) is 0 Å². The second kappa shape index (κ2) is 7.36. The zero-order chi connectivity index (χ0) is 13.5. The van der Waals surface area contributed by atoms with Crippen LogP contribution in [-0.4, -0.2) is 24.0 Å². The first kappa shape index (κ1) is 15.0. The second-order valence-corrected chi connectivity index (χ2v) is 6.05. The highest BCUT2D eigenvalue weighted by Crippen LogP contribution is 2.17. The lowest BCUT2D eigenvalue weighted by Crippen LogP contribution is -2.33. The fraction of sp³-hybridized carbons (Fsp3) is 0.692. The van der Waals surface area contributed by atoms with Crippen LogP contribution in [0.1, 0.15) is 36.3 Å². The fourth-order valence-electron chi connectivity index (χ4n) is 1.56. The van der Waals surface area contributed by atoms with Gasteiger partial charge in [0.2, 0.25) is 0 Å². The molecule has 1 rings (SSSR count). The number of aromatic nitrogens is 1. The smallest absolute Gasteiger partial charge is 0.188 e. The van der Waals surface area contributed by atoms with E-state index in [1.807, 2.05) is 0 Å². The molecule has 4 nitrogen and oxygen atoms in total. The number of aliphatic imine (C=N–C) groups is 1. The van der Waals surface area contributed by atoms with E-state index in [2.05, 4.69) is 43.0 Å². The molecule has 0 aromatic carbocycles. The summed E-state index contributed by atoms with van der Waals surface area (Å²) in [6.07, 6.45) is 1.91. The van der Waals surface area contributed by atoms with E-state index < -0.39 is 0 Å². The minimum atomic E-state index is 0.535. The Morgan fingerprint density at radius 1 is 1.50 bits per heavy atom. The van der Waals surface area contributed by atoms with Crippen molar-refractivity contribution in [3.63, 3.8) is 0 Å². The van der Waals surface area contributed by atoms with Gasteiger partial charge in [0, 0.05) is 24.4 Å². The van der Waals surface area contributed by atoms with Crippen LogP contribution in [0.3, 0.4) is 0 Å². The summed E-state index contributed by atoms with van der Waals surface area (Å²) in [4.78, 5) is 10.2. The Balaban J connectivity index is 2.34. The maximum atomic E-state index is 5.77. The SMILES string of the molecule is CCc1nc(CCNC(N)=NCC(C)C)sc1C. The number of nitrogens with zero attached hydrogens (tertiary/aromatic N) is 2. The van der Waals surface area contributed by atoms with Crippen LogP contribution in [0.4, 0.5) is 0 Å². The molecule has 1 heterocycles. The van der Waals surface area contributed by atoms with Gasteiger partial charge in [-0.05, 0) is 19.3 Å². The molecule has 18 heavy (non-hydrogen) atoms. The van der Waals surface area contributed by atoms with Crippen molar-refractivity contribution >= 4 is 17.3 Å². The summed E-state index contributed by atoms with van der Waals surface area (Å²) >= 11 is 1.78. The van der Waals surface area contributed by atoms with Crippen molar-refractivity contribution in [3.05, 3.63) is 15.6 Å². The average Bonchev–Trinajstić information content (AvgIpc) is 2.67. The molecule has 0 fully saturated rings. The minimum absolute atomic E-state index is 0.535. The van der Waals surface area contributed by atoms with Crippen molar-refractivity contribution in [2.75, 3.05) is 13.1 Å². The highest BCUT2D eigenvalue weighted by molar-refractivity contribution is 7.11. The van der Waals surface area contributed by atoms with Gasteiger partial charge in [0.15, 0.2) is 5.96 Å². The first-order chi connectivity index (χ1) is 8.52. The number of nitrogens with one attached hydrogen (secondary N) is 1. The van der Waals surface area contributed by atoms with Crippen LogP contribution in [0.25, 0.3) is 0 Å². The predicted octanol–water partition coefficient (Wildman–Crippen LogP) is 2.12. The Bertz CT molecular complexity index is 396. The van der Waals surface area contributed by atoms with Crippen molar-refractivity contribution in [2.24, 2.45) is 16.6 Å². The van der Waals surface area contributed by atoms with E-state index in [4.69, 9.17) is 5.73 Å². The Morgan fingerprint density at radius 2 is 2.22 bits per heavy atom. The summed E-state index contributed by atoms with van der Waals surface area (Å²) in [5.41, 5.74) is 6.99. The monoisotopic (exact) mass is 268 g/mol. The molecule has 0 saturated heterocycles. The lowest BCUT2D eigenvalue weighted by Gasteiger charge is -2.05. The number of nitrogens with two attached hydrogens (primary N) is 1. The van der Waals surface area contributed by atoms with Crippen molar-refractivity contribution < 1.29 is 0 Å². The predicted molar refractivity (Wildman–Crippen MR) is 79.3 cm³/mol. The van der Waals surface area contributed by atoms with E-state index in [-0.39, 0.29) is 0 Å². The maximum Gasteiger partial charge on any atom is 0.188 e. The van der Waals surface area contributed by atoms with Crippen LogP contribution in [0, 0.1) is 12.8 Å². The molecule has 0 spiro atoms. The third-order valence-corrected chi connectivity index (χ3v) is 3.62. The van der Waals surface area contributed by atoms with Crippen LogP contribution in [0.15, 0.2) is 4.99 Å². The summed E-state index contributed by atoms with van der Waals surface area (Å²) in [6, 6.07) is 0. The minimum Gasteiger partial charge on any atom is -0.370 e. The molecule has 5 heteroatoms. The highest BCUT2D eigenvalue weighted by atomic mass is 32.1. The molecular formula is C13H24N4S. The third kappa shape index (κ3) is 5.04. The number of rotatable bonds is 6. The molecule has 0 aliphatic carbocycles. The Labute approximate surface area is 114 Å². The maximum absolute atomic E-state index is 5.77. The summed E-state index contributed by atoms with van der Waals surface area (Å²) in [5.74, 6) is 1.08. The molecule has 0 aliphatic rings. The van der Waals surface area contributed by atoms with Crippen molar-refractivity contribution in [1.82, 2.24) is 10.3 Å². The molecule has 1 aromatic heterocycles. The van der Waals surface area contributed by atoms with Gasteiger partial charge in [-0.1, -0.05) is 20.8 Å². The lowest BCUT2D eigenvalue weighted by molar-refractivity contribution is 0.661. The first-order valence-corrected chi connectivity index (χ1v) is 7.33. The van der Waals surface area contributed by atoms with Gasteiger partial charge < -0.3 is 11.1 Å². The summed E-state index contributed by atoms with van der Waals surface area (Å²) in [7, 11) is 0. The fourth-order valence-corrected chi connectivity index (χ4v) is 2.58. The molecule has 0 aliphatic heterocycles. The largest absolute Gasteiger partial charge is 0.370 e. The van der Waals surface area contributed by atoms with Gasteiger partial charge in [-0.3, -0.25) is 4.99 Å². The van der Waals surface area contributed by atoms with E-state index in [9.17, 15) is 0 Å². The molecule has 0 bridgehead atoms. The van der Waals surface area contributed by atoms with E-state index in [0.717, 1.165) is 25.9 Å². The van der Waals surface area contributed by atoms with Crippen LogP contribution in [0.2, 0.25) is 0 Å². The van der Waals surface area contributed by atoms with Crippen molar-refractivity contribution in [2.45, 2.75) is 40.5 Å². The van der Waals surface area contributed by atoms with Gasteiger partial charge in [0.25, 0.3) is 0 Å². The van der Waals surface area contributed by atoms with E-state index in [1.54, 1.807) is 11.3 Å². The number of aryl methyl sites for hydroxylation is 2. The Kier molecular flexibility index (Phi) is 6.12. The van der Waals surface area contributed by atoms with Gasteiger partial charge in [-0.15, -0.1) is 11.3 Å². The molecule has 0 atom stereocenters. The molecular weight excluding hydrogens is 244 g/mol. The second-order valence-electron chi connectivity index (χ2n) is 4.76. The third-order valence-electron chi connectivity index (χ3n) is 2.54. The molecule has 0 saturated carbocycles. The standard InChI is InChI=1S/C13H24N4S/c1-5-11-10(4)18-12(17-11)6-7-15-13(14)16-8-9(2)3/h9H,5-8H2,1-4H3,(H3,14,15,16). The number of guanidine groups is 1. The lowest BCUT2D eigenvalue weighted by atomic mass is 10.2.